The van der Waals surface area contributed by atoms with Crippen molar-refractivity contribution in [3.8, 4) is 50.2 Å². The molecule has 12 rings (SSSR count). The predicted octanol–water partition coefficient (Wildman–Crippen LogP) is 17.2. The van der Waals surface area contributed by atoms with Gasteiger partial charge < -0.3 is 9.47 Å². The highest BCUT2D eigenvalue weighted by molar-refractivity contribution is 6.17. The van der Waals surface area contributed by atoms with E-state index in [4.69, 9.17) is 0 Å². The summed E-state index contributed by atoms with van der Waals surface area (Å²) in [6.07, 6.45) is 0. The Morgan fingerprint density at radius 3 is 1.36 bits per heavy atom. The minimum Gasteiger partial charge on any atom is -0.310 e. The van der Waals surface area contributed by atoms with Crippen LogP contribution in [0.5, 0.6) is 0 Å². The average Bonchev–Trinajstić information content (AvgIpc) is 3.71. The van der Waals surface area contributed by atoms with Crippen LogP contribution in [0.3, 0.4) is 0 Å². The molecule has 2 heteroatoms. The smallest absolute Gasteiger partial charge is 0.0547 e. The maximum Gasteiger partial charge on any atom is 0.0547 e. The maximum absolute atomic E-state index is 2.45. The van der Waals surface area contributed by atoms with Crippen LogP contribution in [0.2, 0.25) is 0 Å². The molecule has 11 aromatic carbocycles. The number of rotatable bonds is 8. The van der Waals surface area contributed by atoms with Crippen LogP contribution >= 0.6 is 0 Å². The van der Waals surface area contributed by atoms with Crippen molar-refractivity contribution in [1.29, 1.82) is 0 Å². The fourth-order valence-corrected chi connectivity index (χ4v) is 9.89. The Bertz CT molecular complexity index is 3520. The van der Waals surface area contributed by atoms with Crippen LogP contribution in [0.4, 0.5) is 17.1 Å². The number of para-hydroxylation sites is 3. The normalized spacial score (nSPS) is 11.4. The van der Waals surface area contributed by atoms with Gasteiger partial charge in [-0.05, 0) is 103 Å². The fraction of sp³-hybridized carbons (Fsp3) is 0. The Balaban J connectivity index is 1.05. The molecule has 0 radical (unpaired) electrons. The summed E-state index contributed by atoms with van der Waals surface area (Å²) in [5.74, 6) is 0. The van der Waals surface area contributed by atoms with Crippen LogP contribution in [0, 0.1) is 0 Å². The third-order valence-electron chi connectivity index (χ3n) is 12.8. The van der Waals surface area contributed by atoms with E-state index in [-0.39, 0.29) is 0 Å². The van der Waals surface area contributed by atoms with Crippen LogP contribution in [-0.4, -0.2) is 4.57 Å². The molecule has 0 spiro atoms. The Morgan fingerprint density at radius 1 is 0.266 bits per heavy atom. The summed E-state index contributed by atoms with van der Waals surface area (Å²) in [7, 11) is 0. The highest BCUT2D eigenvalue weighted by Gasteiger charge is 2.22. The van der Waals surface area contributed by atoms with Crippen molar-refractivity contribution in [3.05, 3.63) is 255 Å². The SMILES string of the molecule is c1ccc(-c2ccccc2-n2c3ccccc3c3c(-c4ccccc4N(c4ccc(-c5cccc6ccccc56)cc4)c4ccc(-c5cccc6ccccc56)cc4)cccc32)cc1. The van der Waals surface area contributed by atoms with Gasteiger partial charge >= 0.3 is 0 Å². The molecule has 0 bridgehead atoms. The number of fused-ring (bicyclic) bond motifs is 5. The standard InChI is InChI=1S/C62H42N2/c1-2-17-45(18-3-1)54-25-8-11-31-58(54)64-60-33-13-10-27-57(60)62-56(30-16-34-61(62)64)55-26-9-12-32-59(55)63(48-39-35-46(36-40-48)52-28-14-21-43-19-4-6-23-50(43)52)49-41-37-47(38-42-49)53-29-15-22-44-20-5-7-24-51(44)53/h1-42H. The molecule has 1 heterocycles. The monoisotopic (exact) mass is 814 g/mol. The number of hydrogen-bond donors (Lipinski definition) is 0. The Morgan fingerprint density at radius 2 is 0.703 bits per heavy atom. The van der Waals surface area contributed by atoms with E-state index in [0.717, 1.165) is 28.3 Å². The Kier molecular flexibility index (Phi) is 9.20. The first-order valence-electron chi connectivity index (χ1n) is 22.0. The van der Waals surface area contributed by atoms with Crippen LogP contribution in [0.15, 0.2) is 255 Å². The maximum atomic E-state index is 2.45. The summed E-state index contributed by atoms with van der Waals surface area (Å²) in [5.41, 5.74) is 16.3. The molecule has 0 N–H and O–H groups in total. The molecule has 0 aliphatic heterocycles. The van der Waals surface area contributed by atoms with Gasteiger partial charge in [0.1, 0.15) is 0 Å². The van der Waals surface area contributed by atoms with Crippen LogP contribution < -0.4 is 4.90 Å². The number of aromatic nitrogens is 1. The molecular formula is C62H42N2. The summed E-state index contributed by atoms with van der Waals surface area (Å²) in [4.78, 5) is 2.43. The van der Waals surface area contributed by atoms with E-state index in [9.17, 15) is 0 Å². The minimum absolute atomic E-state index is 1.08. The lowest BCUT2D eigenvalue weighted by Crippen LogP contribution is -2.11. The number of anilines is 3. The lowest BCUT2D eigenvalue weighted by Gasteiger charge is -2.28. The van der Waals surface area contributed by atoms with E-state index in [1.54, 1.807) is 0 Å². The highest BCUT2D eigenvalue weighted by Crippen LogP contribution is 2.47. The first kappa shape index (κ1) is 37.3. The quantitative estimate of drug-likeness (QED) is 0.148. The lowest BCUT2D eigenvalue weighted by molar-refractivity contribution is 1.18. The molecular weight excluding hydrogens is 773 g/mol. The zero-order valence-corrected chi connectivity index (χ0v) is 35.1. The van der Waals surface area contributed by atoms with Gasteiger partial charge in [0.05, 0.1) is 22.4 Å². The first-order valence-corrected chi connectivity index (χ1v) is 22.0. The van der Waals surface area contributed by atoms with Gasteiger partial charge in [0, 0.05) is 33.3 Å². The highest BCUT2D eigenvalue weighted by atomic mass is 15.1. The zero-order chi connectivity index (χ0) is 42.4. The largest absolute Gasteiger partial charge is 0.310 e. The van der Waals surface area contributed by atoms with E-state index >= 15 is 0 Å². The van der Waals surface area contributed by atoms with Gasteiger partial charge in [0.2, 0.25) is 0 Å². The van der Waals surface area contributed by atoms with E-state index in [2.05, 4.69) is 264 Å². The second-order valence-electron chi connectivity index (χ2n) is 16.4. The molecule has 0 unspecified atom stereocenters. The summed E-state index contributed by atoms with van der Waals surface area (Å²) < 4.78 is 2.45. The zero-order valence-electron chi connectivity index (χ0n) is 35.1. The van der Waals surface area contributed by atoms with Crippen molar-refractivity contribution < 1.29 is 0 Å². The Labute approximate surface area is 373 Å². The topological polar surface area (TPSA) is 8.17 Å². The van der Waals surface area contributed by atoms with Crippen LogP contribution in [0.1, 0.15) is 0 Å². The predicted molar refractivity (Wildman–Crippen MR) is 272 cm³/mol. The second kappa shape index (κ2) is 15.8. The molecule has 300 valence electrons. The fourth-order valence-electron chi connectivity index (χ4n) is 9.89. The van der Waals surface area contributed by atoms with E-state index in [1.807, 2.05) is 0 Å². The van der Waals surface area contributed by atoms with Crippen molar-refractivity contribution in [2.45, 2.75) is 0 Å². The van der Waals surface area contributed by atoms with Crippen molar-refractivity contribution in [1.82, 2.24) is 4.57 Å². The van der Waals surface area contributed by atoms with Crippen LogP contribution in [0.25, 0.3) is 93.5 Å². The van der Waals surface area contributed by atoms with E-state index in [0.29, 0.717) is 0 Å². The lowest BCUT2D eigenvalue weighted by atomic mass is 9.95. The van der Waals surface area contributed by atoms with E-state index in [1.165, 1.54) is 82.3 Å². The molecule has 0 aliphatic rings. The van der Waals surface area contributed by atoms with Crippen molar-refractivity contribution in [2.24, 2.45) is 0 Å². The van der Waals surface area contributed by atoms with Gasteiger partial charge in [-0.1, -0.05) is 206 Å². The molecule has 0 amide bonds. The van der Waals surface area contributed by atoms with Gasteiger partial charge in [0.25, 0.3) is 0 Å². The first-order chi connectivity index (χ1) is 31.8. The number of benzene rings is 11. The molecule has 2 nitrogen and oxygen atoms in total. The van der Waals surface area contributed by atoms with Gasteiger partial charge in [-0.25, -0.2) is 0 Å². The number of nitrogens with zero attached hydrogens (tertiary/aromatic N) is 2. The van der Waals surface area contributed by atoms with Gasteiger partial charge in [-0.15, -0.1) is 0 Å². The van der Waals surface area contributed by atoms with Gasteiger partial charge in [-0.3, -0.25) is 0 Å². The van der Waals surface area contributed by atoms with Crippen LogP contribution in [-0.2, 0) is 0 Å². The van der Waals surface area contributed by atoms with Gasteiger partial charge in [-0.2, -0.15) is 0 Å². The Hall–Kier alpha value is -8.46. The second-order valence-corrected chi connectivity index (χ2v) is 16.4. The average molecular weight is 815 g/mol. The molecule has 0 aliphatic carbocycles. The third kappa shape index (κ3) is 6.35. The number of hydrogen-bond acceptors (Lipinski definition) is 1. The van der Waals surface area contributed by atoms with Crippen molar-refractivity contribution >= 4 is 60.4 Å². The van der Waals surface area contributed by atoms with Crippen molar-refractivity contribution in [3.63, 3.8) is 0 Å². The molecule has 1 aromatic heterocycles. The van der Waals surface area contributed by atoms with Gasteiger partial charge in [0.15, 0.2) is 0 Å². The summed E-state index contributed by atoms with van der Waals surface area (Å²) in [5, 5.41) is 7.43. The minimum atomic E-state index is 1.08. The molecule has 64 heavy (non-hydrogen) atoms. The summed E-state index contributed by atoms with van der Waals surface area (Å²) >= 11 is 0. The molecule has 0 saturated carbocycles. The molecule has 12 aromatic rings. The summed E-state index contributed by atoms with van der Waals surface area (Å²) in [6.45, 7) is 0. The van der Waals surface area contributed by atoms with E-state index < -0.39 is 0 Å². The molecule has 0 saturated heterocycles. The third-order valence-corrected chi connectivity index (χ3v) is 12.8. The molecule has 0 atom stereocenters. The molecule has 0 fully saturated rings. The van der Waals surface area contributed by atoms with Crippen molar-refractivity contribution in [2.75, 3.05) is 4.90 Å². The summed E-state index contributed by atoms with van der Waals surface area (Å²) in [6, 6.07) is 92.7.